The number of nitrogens with two attached hydrogens (primary N) is 1. The van der Waals surface area contributed by atoms with Crippen molar-refractivity contribution >= 4 is 11.5 Å². The molecule has 1 aromatic heterocycles. The Morgan fingerprint density at radius 2 is 1.90 bits per heavy atom. The summed E-state index contributed by atoms with van der Waals surface area (Å²) in [5.41, 5.74) is 7.41. The van der Waals surface area contributed by atoms with Gasteiger partial charge >= 0.3 is 0 Å². The predicted molar refractivity (Wildman–Crippen MR) is 83.0 cm³/mol. The number of nitrogens with one attached hydrogen (secondary N) is 1. The summed E-state index contributed by atoms with van der Waals surface area (Å²) in [5.74, 6) is 0.932. The van der Waals surface area contributed by atoms with Gasteiger partial charge in [0.05, 0.1) is 11.8 Å². The Bertz CT molecular complexity index is 585. The van der Waals surface area contributed by atoms with E-state index in [0.29, 0.717) is 23.9 Å². The third-order valence-electron chi connectivity index (χ3n) is 2.87. The fourth-order valence-electron chi connectivity index (χ4n) is 1.85. The van der Waals surface area contributed by atoms with Crippen molar-refractivity contribution in [1.82, 2.24) is 4.98 Å². The number of nitrogens with zero attached hydrogens (tertiary/aromatic N) is 1. The Hall–Kier alpha value is -2.30. The zero-order valence-corrected chi connectivity index (χ0v) is 12.3. The van der Waals surface area contributed by atoms with Crippen LogP contribution in [-0.4, -0.2) is 17.6 Å². The van der Waals surface area contributed by atoms with Gasteiger partial charge in [-0.15, -0.1) is 0 Å². The maximum Gasteiger partial charge on any atom is 0.239 e. The van der Waals surface area contributed by atoms with Crippen LogP contribution >= 0.6 is 0 Å². The van der Waals surface area contributed by atoms with E-state index in [1.54, 1.807) is 18.2 Å². The van der Waals surface area contributed by atoms with Crippen LogP contribution in [-0.2, 0) is 6.42 Å². The molecule has 1 heterocycles. The van der Waals surface area contributed by atoms with E-state index in [-0.39, 0.29) is 11.9 Å². The van der Waals surface area contributed by atoms with Gasteiger partial charge in [-0.2, -0.15) is 4.98 Å². The number of hydrogen-bond donors (Lipinski definition) is 2. The molecule has 0 bridgehead atoms. The molecule has 0 radical (unpaired) electrons. The molecule has 0 aliphatic rings. The molecule has 4 nitrogen and oxygen atoms in total. The highest BCUT2D eigenvalue weighted by atomic mass is 19.1. The first kappa shape index (κ1) is 15.1. The Labute approximate surface area is 124 Å². The Kier molecular flexibility index (Phi) is 4.98. The minimum Gasteiger partial charge on any atom is -0.473 e. The van der Waals surface area contributed by atoms with E-state index in [2.05, 4.69) is 10.3 Å². The third-order valence-corrected chi connectivity index (χ3v) is 2.87. The van der Waals surface area contributed by atoms with Crippen LogP contribution in [0, 0.1) is 5.82 Å². The van der Waals surface area contributed by atoms with Gasteiger partial charge < -0.3 is 15.8 Å². The fourth-order valence-corrected chi connectivity index (χ4v) is 1.85. The second-order valence-electron chi connectivity index (χ2n) is 5.06. The van der Waals surface area contributed by atoms with Gasteiger partial charge in [0.2, 0.25) is 5.88 Å². The number of aromatic nitrogens is 1. The van der Waals surface area contributed by atoms with E-state index in [4.69, 9.17) is 10.5 Å². The molecule has 0 aliphatic heterocycles. The van der Waals surface area contributed by atoms with Crippen LogP contribution in [0.5, 0.6) is 5.88 Å². The molecule has 0 aliphatic carbocycles. The highest BCUT2D eigenvalue weighted by Crippen LogP contribution is 2.21. The Balaban J connectivity index is 1.92. The number of rotatable bonds is 6. The standard InChI is InChI=1S/C16H20FN3O/c1-11(2)21-16-14(18)7-8-15(20-16)19-10-9-12-3-5-13(17)6-4-12/h3-8,11H,9-10,18H2,1-2H3,(H,19,20). The number of nitrogen functional groups attached to an aromatic ring is 1. The van der Waals surface area contributed by atoms with E-state index in [0.717, 1.165) is 12.0 Å². The summed E-state index contributed by atoms with van der Waals surface area (Å²) in [6, 6.07) is 10.1. The largest absolute Gasteiger partial charge is 0.473 e. The van der Waals surface area contributed by atoms with Gasteiger partial charge in [-0.05, 0) is 50.1 Å². The van der Waals surface area contributed by atoms with Gasteiger partial charge in [-0.3, -0.25) is 0 Å². The normalized spacial score (nSPS) is 10.7. The zero-order chi connectivity index (χ0) is 15.2. The first-order valence-electron chi connectivity index (χ1n) is 6.96. The molecule has 0 fully saturated rings. The maximum absolute atomic E-state index is 12.8. The average molecular weight is 289 g/mol. The summed E-state index contributed by atoms with van der Waals surface area (Å²) in [6.45, 7) is 4.55. The second kappa shape index (κ2) is 6.92. The van der Waals surface area contributed by atoms with Crippen LogP contribution in [0.25, 0.3) is 0 Å². The lowest BCUT2D eigenvalue weighted by Gasteiger charge is -2.13. The summed E-state index contributed by atoms with van der Waals surface area (Å²) >= 11 is 0. The van der Waals surface area contributed by atoms with Crippen molar-refractivity contribution < 1.29 is 9.13 Å². The van der Waals surface area contributed by atoms with Crippen molar-refractivity contribution in [1.29, 1.82) is 0 Å². The molecule has 0 spiro atoms. The smallest absolute Gasteiger partial charge is 0.239 e. The summed E-state index contributed by atoms with van der Waals surface area (Å²) in [5, 5.41) is 3.21. The molecule has 0 atom stereocenters. The van der Waals surface area contributed by atoms with Gasteiger partial charge in [-0.25, -0.2) is 4.39 Å². The third kappa shape index (κ3) is 4.63. The number of ether oxygens (including phenoxy) is 1. The van der Waals surface area contributed by atoms with Crippen LogP contribution in [0.1, 0.15) is 19.4 Å². The summed E-state index contributed by atoms with van der Waals surface area (Å²) in [7, 11) is 0. The maximum atomic E-state index is 12.8. The molecule has 1 aromatic carbocycles. The quantitative estimate of drug-likeness (QED) is 0.857. The highest BCUT2D eigenvalue weighted by molar-refractivity contribution is 5.53. The Morgan fingerprint density at radius 1 is 1.19 bits per heavy atom. The molecule has 2 rings (SSSR count). The molecule has 0 saturated heterocycles. The van der Waals surface area contributed by atoms with Gasteiger partial charge in [0.15, 0.2) is 0 Å². The Morgan fingerprint density at radius 3 is 2.57 bits per heavy atom. The van der Waals surface area contributed by atoms with Crippen molar-refractivity contribution in [2.24, 2.45) is 0 Å². The summed E-state index contributed by atoms with van der Waals surface area (Å²) < 4.78 is 18.4. The van der Waals surface area contributed by atoms with E-state index in [9.17, 15) is 4.39 Å². The molecule has 0 saturated carbocycles. The van der Waals surface area contributed by atoms with Crippen molar-refractivity contribution in [2.45, 2.75) is 26.4 Å². The van der Waals surface area contributed by atoms with Crippen molar-refractivity contribution in [3.63, 3.8) is 0 Å². The number of benzene rings is 1. The number of halogens is 1. The van der Waals surface area contributed by atoms with Crippen molar-refractivity contribution in [3.05, 3.63) is 47.8 Å². The fraction of sp³-hybridized carbons (Fsp3) is 0.312. The molecule has 5 heteroatoms. The molecule has 0 amide bonds. The number of anilines is 2. The molecule has 3 N–H and O–H groups in total. The monoisotopic (exact) mass is 289 g/mol. The molecular weight excluding hydrogens is 269 g/mol. The SMILES string of the molecule is CC(C)Oc1nc(NCCc2ccc(F)cc2)ccc1N. The van der Waals surface area contributed by atoms with Gasteiger partial charge in [0.25, 0.3) is 0 Å². The minimum absolute atomic E-state index is 0.0225. The lowest BCUT2D eigenvalue weighted by molar-refractivity contribution is 0.234. The minimum atomic E-state index is -0.220. The topological polar surface area (TPSA) is 60.2 Å². The van der Waals surface area contributed by atoms with Crippen LogP contribution in [0.15, 0.2) is 36.4 Å². The van der Waals surface area contributed by atoms with E-state index >= 15 is 0 Å². The zero-order valence-electron chi connectivity index (χ0n) is 12.3. The highest BCUT2D eigenvalue weighted by Gasteiger charge is 2.06. The molecule has 112 valence electrons. The lowest BCUT2D eigenvalue weighted by atomic mass is 10.1. The van der Waals surface area contributed by atoms with Gasteiger partial charge in [-0.1, -0.05) is 12.1 Å². The molecule has 2 aromatic rings. The van der Waals surface area contributed by atoms with Crippen molar-refractivity contribution in [2.75, 3.05) is 17.6 Å². The van der Waals surface area contributed by atoms with E-state index < -0.39 is 0 Å². The van der Waals surface area contributed by atoms with Gasteiger partial charge in [0.1, 0.15) is 11.6 Å². The van der Waals surface area contributed by atoms with Crippen LogP contribution in [0.4, 0.5) is 15.9 Å². The number of pyridine rings is 1. The van der Waals surface area contributed by atoms with Crippen LogP contribution in [0.2, 0.25) is 0 Å². The van der Waals surface area contributed by atoms with E-state index in [1.807, 2.05) is 19.9 Å². The number of hydrogen-bond acceptors (Lipinski definition) is 4. The van der Waals surface area contributed by atoms with Crippen LogP contribution in [0.3, 0.4) is 0 Å². The molecular formula is C16H20FN3O. The first-order valence-corrected chi connectivity index (χ1v) is 6.96. The molecule has 0 unspecified atom stereocenters. The average Bonchev–Trinajstić information content (AvgIpc) is 2.44. The van der Waals surface area contributed by atoms with E-state index in [1.165, 1.54) is 12.1 Å². The summed E-state index contributed by atoms with van der Waals surface area (Å²) in [6.07, 6.45) is 0.807. The van der Waals surface area contributed by atoms with Gasteiger partial charge in [0, 0.05) is 6.54 Å². The second-order valence-corrected chi connectivity index (χ2v) is 5.06. The lowest BCUT2D eigenvalue weighted by Crippen LogP contribution is -2.11. The molecule has 21 heavy (non-hydrogen) atoms. The summed E-state index contributed by atoms with van der Waals surface area (Å²) in [4.78, 5) is 4.34. The van der Waals surface area contributed by atoms with Crippen molar-refractivity contribution in [3.8, 4) is 5.88 Å². The predicted octanol–water partition coefficient (Wildman–Crippen LogP) is 3.24. The van der Waals surface area contributed by atoms with Crippen LogP contribution < -0.4 is 15.8 Å². The first-order chi connectivity index (χ1) is 10.0.